The van der Waals surface area contributed by atoms with E-state index in [0.717, 1.165) is 18.3 Å². The van der Waals surface area contributed by atoms with Gasteiger partial charge in [0.1, 0.15) is 0 Å². The van der Waals surface area contributed by atoms with E-state index in [0.29, 0.717) is 0 Å². The quantitative estimate of drug-likeness (QED) is 0.508. The van der Waals surface area contributed by atoms with Gasteiger partial charge in [-0.1, -0.05) is 58.1 Å². The van der Waals surface area contributed by atoms with Crippen LogP contribution in [0.3, 0.4) is 0 Å². The lowest BCUT2D eigenvalue weighted by atomic mass is 9.85. The SMILES string of the molecule is CCCCC(CC(C)CC)/C(C)=C/N/C=C(\C)CC. The summed E-state index contributed by atoms with van der Waals surface area (Å²) in [4.78, 5) is 0. The van der Waals surface area contributed by atoms with E-state index in [4.69, 9.17) is 0 Å². The predicted molar refractivity (Wildman–Crippen MR) is 88.0 cm³/mol. The van der Waals surface area contributed by atoms with E-state index in [9.17, 15) is 0 Å². The Labute approximate surface area is 121 Å². The Bertz CT molecular complexity index is 275. The van der Waals surface area contributed by atoms with Gasteiger partial charge in [-0.3, -0.25) is 0 Å². The molecule has 19 heavy (non-hydrogen) atoms. The summed E-state index contributed by atoms with van der Waals surface area (Å²) in [6.45, 7) is 13.6. The summed E-state index contributed by atoms with van der Waals surface area (Å²) >= 11 is 0. The van der Waals surface area contributed by atoms with Crippen molar-refractivity contribution in [1.29, 1.82) is 0 Å². The molecule has 0 aliphatic carbocycles. The molecule has 2 unspecified atom stereocenters. The Morgan fingerprint density at radius 3 is 2.32 bits per heavy atom. The molecule has 0 aliphatic heterocycles. The van der Waals surface area contributed by atoms with Crippen LogP contribution in [0.15, 0.2) is 23.5 Å². The number of rotatable bonds is 10. The molecule has 1 N–H and O–H groups in total. The molecule has 0 radical (unpaired) electrons. The summed E-state index contributed by atoms with van der Waals surface area (Å²) in [5.41, 5.74) is 2.91. The standard InChI is InChI=1S/C18H35N/c1-7-10-11-18(12-15(4)8-2)17(6)14-19-13-16(5)9-3/h13-15,18-19H,7-12H2,1-6H3/b16-13+,17-14+. The summed E-state index contributed by atoms with van der Waals surface area (Å²) in [6, 6.07) is 0. The number of unbranched alkanes of at least 4 members (excludes halogenated alkanes) is 1. The lowest BCUT2D eigenvalue weighted by molar-refractivity contribution is 0.393. The first-order chi connectivity index (χ1) is 9.04. The molecule has 0 bridgehead atoms. The van der Waals surface area contributed by atoms with Crippen molar-refractivity contribution in [1.82, 2.24) is 5.32 Å². The molecule has 0 amide bonds. The smallest absolute Gasteiger partial charge is 0.000361 e. The normalized spacial score (nSPS) is 16.3. The summed E-state index contributed by atoms with van der Waals surface area (Å²) in [6.07, 6.45) is 12.1. The van der Waals surface area contributed by atoms with Gasteiger partial charge in [0.2, 0.25) is 0 Å². The second-order valence-corrected chi connectivity index (χ2v) is 5.99. The van der Waals surface area contributed by atoms with Crippen molar-refractivity contribution in [3.8, 4) is 0 Å². The highest BCUT2D eigenvalue weighted by atomic mass is 14.8. The molecule has 1 heteroatoms. The average Bonchev–Trinajstić information content (AvgIpc) is 2.42. The summed E-state index contributed by atoms with van der Waals surface area (Å²) in [5.74, 6) is 1.58. The maximum absolute atomic E-state index is 3.36. The van der Waals surface area contributed by atoms with E-state index in [1.54, 1.807) is 0 Å². The van der Waals surface area contributed by atoms with Gasteiger partial charge in [-0.05, 0) is 57.3 Å². The monoisotopic (exact) mass is 265 g/mol. The third-order valence-electron chi connectivity index (χ3n) is 4.13. The third kappa shape index (κ3) is 8.91. The Kier molecular flexibility index (Phi) is 10.7. The summed E-state index contributed by atoms with van der Waals surface area (Å²) in [5, 5.41) is 3.36. The zero-order valence-corrected chi connectivity index (χ0v) is 14.1. The van der Waals surface area contributed by atoms with E-state index < -0.39 is 0 Å². The average molecular weight is 265 g/mol. The van der Waals surface area contributed by atoms with Gasteiger partial charge in [-0.25, -0.2) is 0 Å². The molecule has 0 aromatic rings. The topological polar surface area (TPSA) is 12.0 Å². The van der Waals surface area contributed by atoms with E-state index in [1.807, 2.05) is 0 Å². The van der Waals surface area contributed by atoms with Crippen molar-refractivity contribution in [3.63, 3.8) is 0 Å². The maximum atomic E-state index is 3.36. The molecular formula is C18H35N. The second kappa shape index (κ2) is 11.1. The fraction of sp³-hybridized carbons (Fsp3) is 0.778. The van der Waals surface area contributed by atoms with Crippen molar-refractivity contribution in [3.05, 3.63) is 23.5 Å². The molecule has 2 atom stereocenters. The van der Waals surface area contributed by atoms with Gasteiger partial charge in [-0.15, -0.1) is 0 Å². The summed E-state index contributed by atoms with van der Waals surface area (Å²) < 4.78 is 0. The fourth-order valence-electron chi connectivity index (χ4n) is 2.17. The highest BCUT2D eigenvalue weighted by Crippen LogP contribution is 2.26. The molecule has 0 aromatic carbocycles. The van der Waals surface area contributed by atoms with Crippen molar-refractivity contribution >= 4 is 0 Å². The Morgan fingerprint density at radius 1 is 1.11 bits per heavy atom. The highest BCUT2D eigenvalue weighted by Gasteiger charge is 2.13. The van der Waals surface area contributed by atoms with Crippen LogP contribution in [0.25, 0.3) is 0 Å². The molecular weight excluding hydrogens is 230 g/mol. The lowest BCUT2D eigenvalue weighted by Crippen LogP contribution is -2.10. The number of allylic oxidation sites excluding steroid dienone is 2. The lowest BCUT2D eigenvalue weighted by Gasteiger charge is -2.21. The largest absolute Gasteiger partial charge is 0.368 e. The van der Waals surface area contributed by atoms with Crippen molar-refractivity contribution in [2.75, 3.05) is 0 Å². The third-order valence-corrected chi connectivity index (χ3v) is 4.13. The first-order valence-corrected chi connectivity index (χ1v) is 8.13. The molecule has 0 aromatic heterocycles. The Morgan fingerprint density at radius 2 is 1.79 bits per heavy atom. The van der Waals surface area contributed by atoms with E-state index >= 15 is 0 Å². The molecule has 0 aliphatic rings. The van der Waals surface area contributed by atoms with Gasteiger partial charge >= 0.3 is 0 Å². The zero-order chi connectivity index (χ0) is 14.7. The van der Waals surface area contributed by atoms with Crippen LogP contribution < -0.4 is 5.32 Å². The van der Waals surface area contributed by atoms with Crippen LogP contribution in [0.1, 0.15) is 80.1 Å². The van der Waals surface area contributed by atoms with Crippen LogP contribution in [0.4, 0.5) is 0 Å². The van der Waals surface area contributed by atoms with Crippen LogP contribution >= 0.6 is 0 Å². The van der Waals surface area contributed by atoms with Crippen molar-refractivity contribution in [2.45, 2.75) is 80.1 Å². The van der Waals surface area contributed by atoms with Gasteiger partial charge in [0.05, 0.1) is 0 Å². The fourth-order valence-corrected chi connectivity index (χ4v) is 2.17. The molecule has 0 fully saturated rings. The van der Waals surface area contributed by atoms with Crippen LogP contribution in [0.2, 0.25) is 0 Å². The minimum absolute atomic E-state index is 0.748. The van der Waals surface area contributed by atoms with Crippen molar-refractivity contribution in [2.24, 2.45) is 11.8 Å². The van der Waals surface area contributed by atoms with Crippen molar-refractivity contribution < 1.29 is 0 Å². The number of hydrogen-bond donors (Lipinski definition) is 1. The summed E-state index contributed by atoms with van der Waals surface area (Å²) in [7, 11) is 0. The van der Waals surface area contributed by atoms with Gasteiger partial charge in [0, 0.05) is 0 Å². The maximum Gasteiger partial charge on any atom is -0.000361 e. The number of hydrogen-bond acceptors (Lipinski definition) is 1. The first-order valence-electron chi connectivity index (χ1n) is 8.13. The highest BCUT2D eigenvalue weighted by molar-refractivity contribution is 5.06. The van der Waals surface area contributed by atoms with E-state index in [2.05, 4.69) is 59.3 Å². The van der Waals surface area contributed by atoms with Crippen LogP contribution in [0, 0.1) is 11.8 Å². The van der Waals surface area contributed by atoms with Crippen LogP contribution in [0.5, 0.6) is 0 Å². The van der Waals surface area contributed by atoms with E-state index in [-0.39, 0.29) is 0 Å². The first kappa shape index (κ1) is 18.3. The zero-order valence-electron chi connectivity index (χ0n) is 14.1. The molecule has 0 saturated heterocycles. The molecule has 0 rings (SSSR count). The Balaban J connectivity index is 4.50. The molecule has 112 valence electrons. The molecule has 0 heterocycles. The molecule has 0 spiro atoms. The molecule has 0 saturated carbocycles. The van der Waals surface area contributed by atoms with Gasteiger partial charge < -0.3 is 5.32 Å². The minimum atomic E-state index is 0.748. The van der Waals surface area contributed by atoms with Crippen LogP contribution in [-0.2, 0) is 0 Å². The minimum Gasteiger partial charge on any atom is -0.368 e. The predicted octanol–water partition coefficient (Wildman–Crippen LogP) is 6.04. The Hall–Kier alpha value is -0.720. The van der Waals surface area contributed by atoms with Gasteiger partial charge in [-0.2, -0.15) is 0 Å². The van der Waals surface area contributed by atoms with Gasteiger partial charge in [0.15, 0.2) is 0 Å². The van der Waals surface area contributed by atoms with Crippen LogP contribution in [-0.4, -0.2) is 0 Å². The number of nitrogens with one attached hydrogen (secondary N) is 1. The van der Waals surface area contributed by atoms with E-state index in [1.165, 1.54) is 43.3 Å². The second-order valence-electron chi connectivity index (χ2n) is 5.99. The van der Waals surface area contributed by atoms with Gasteiger partial charge in [0.25, 0.3) is 0 Å². The molecule has 1 nitrogen and oxygen atoms in total.